The summed E-state index contributed by atoms with van der Waals surface area (Å²) in [6.45, 7) is 4.05. The topological polar surface area (TPSA) is 51.2 Å². The zero-order chi connectivity index (χ0) is 18.5. The predicted molar refractivity (Wildman–Crippen MR) is 108 cm³/mol. The predicted octanol–water partition coefficient (Wildman–Crippen LogP) is 4.98. The molecule has 0 fully saturated rings. The van der Waals surface area contributed by atoms with E-state index >= 15 is 0 Å². The van der Waals surface area contributed by atoms with Crippen molar-refractivity contribution in [2.45, 2.75) is 25.3 Å². The Kier molecular flexibility index (Phi) is 5.78. The Morgan fingerprint density at radius 2 is 1.92 bits per heavy atom. The van der Waals surface area contributed by atoms with Gasteiger partial charge in [-0.2, -0.15) is 0 Å². The van der Waals surface area contributed by atoms with Gasteiger partial charge in [0.15, 0.2) is 0 Å². The highest BCUT2D eigenvalue weighted by molar-refractivity contribution is 7.99. The van der Waals surface area contributed by atoms with Gasteiger partial charge in [0.1, 0.15) is 11.3 Å². The number of carbonyl (C=O) groups excluding carboxylic acids is 1. The molecular formula is C21H22N2O2S. The summed E-state index contributed by atoms with van der Waals surface area (Å²) in [5.74, 6) is 1.46. The van der Waals surface area contributed by atoms with Crippen molar-refractivity contribution in [3.8, 4) is 5.75 Å². The highest BCUT2D eigenvalue weighted by Crippen LogP contribution is 2.29. The van der Waals surface area contributed by atoms with Crippen LogP contribution < -0.4 is 10.1 Å². The number of para-hydroxylation sites is 2. The summed E-state index contributed by atoms with van der Waals surface area (Å²) < 4.78 is 5.42. The number of thioether (sulfide) groups is 1. The van der Waals surface area contributed by atoms with E-state index in [-0.39, 0.29) is 5.91 Å². The maximum absolute atomic E-state index is 12.2. The minimum Gasteiger partial charge on any atom is -0.494 e. The first-order valence-corrected chi connectivity index (χ1v) is 9.49. The lowest BCUT2D eigenvalue weighted by Crippen LogP contribution is -2.13. The number of aryl methyl sites for hydroxylation is 2. The molecule has 1 amide bonds. The summed E-state index contributed by atoms with van der Waals surface area (Å²) in [7, 11) is 1.65. The van der Waals surface area contributed by atoms with Crippen LogP contribution in [-0.4, -0.2) is 23.8 Å². The molecule has 0 radical (unpaired) electrons. The third kappa shape index (κ3) is 4.17. The molecule has 0 bridgehead atoms. The van der Waals surface area contributed by atoms with Gasteiger partial charge in [0, 0.05) is 23.2 Å². The average Bonchev–Trinajstić information content (AvgIpc) is 2.63. The highest BCUT2D eigenvalue weighted by atomic mass is 32.2. The van der Waals surface area contributed by atoms with Crippen molar-refractivity contribution < 1.29 is 9.53 Å². The Morgan fingerprint density at radius 1 is 1.12 bits per heavy atom. The van der Waals surface area contributed by atoms with E-state index in [1.54, 1.807) is 18.9 Å². The first-order valence-electron chi connectivity index (χ1n) is 8.51. The summed E-state index contributed by atoms with van der Waals surface area (Å²) in [6, 6.07) is 15.8. The molecule has 1 aromatic heterocycles. The van der Waals surface area contributed by atoms with Crippen LogP contribution in [0.1, 0.15) is 17.5 Å². The lowest BCUT2D eigenvalue weighted by Gasteiger charge is -2.10. The van der Waals surface area contributed by atoms with E-state index < -0.39 is 0 Å². The van der Waals surface area contributed by atoms with Crippen LogP contribution in [0, 0.1) is 13.8 Å². The number of carbonyl (C=O) groups is 1. The zero-order valence-electron chi connectivity index (χ0n) is 15.2. The van der Waals surface area contributed by atoms with E-state index in [1.165, 1.54) is 0 Å². The fourth-order valence-corrected chi connectivity index (χ4v) is 3.69. The first-order chi connectivity index (χ1) is 12.6. The molecule has 0 aliphatic heterocycles. The summed E-state index contributed by atoms with van der Waals surface area (Å²) >= 11 is 1.58. The molecular weight excluding hydrogens is 344 g/mol. The van der Waals surface area contributed by atoms with E-state index in [0.717, 1.165) is 38.5 Å². The number of fused-ring (bicyclic) bond motifs is 1. The zero-order valence-corrected chi connectivity index (χ0v) is 16.0. The van der Waals surface area contributed by atoms with Crippen LogP contribution in [0.3, 0.4) is 0 Å². The van der Waals surface area contributed by atoms with Crippen molar-refractivity contribution in [3.63, 3.8) is 0 Å². The Balaban J connectivity index is 1.65. The standard InChI is InChI=1S/C21H22N2O2S/c1-14-7-4-5-9-17(14)22-19(24)11-12-26-20-13-15(2)16-8-6-10-18(25-3)21(16)23-20/h4-10,13H,11-12H2,1-3H3,(H,22,24). The number of hydrogen-bond donors (Lipinski definition) is 1. The number of aromatic nitrogens is 1. The summed E-state index contributed by atoms with van der Waals surface area (Å²) in [6.07, 6.45) is 0.434. The van der Waals surface area contributed by atoms with Gasteiger partial charge in [-0.05, 0) is 43.2 Å². The second kappa shape index (κ2) is 8.23. The number of nitrogens with zero attached hydrogens (tertiary/aromatic N) is 1. The Morgan fingerprint density at radius 3 is 2.69 bits per heavy atom. The van der Waals surface area contributed by atoms with Crippen LogP contribution in [0.2, 0.25) is 0 Å². The van der Waals surface area contributed by atoms with Crippen molar-refractivity contribution in [2.75, 3.05) is 18.2 Å². The minimum absolute atomic E-state index is 0.0156. The molecule has 1 heterocycles. The molecule has 26 heavy (non-hydrogen) atoms. The number of rotatable bonds is 6. The molecule has 1 N–H and O–H groups in total. The van der Waals surface area contributed by atoms with E-state index in [9.17, 15) is 4.79 Å². The Hall–Kier alpha value is -2.53. The van der Waals surface area contributed by atoms with Gasteiger partial charge in [-0.15, -0.1) is 11.8 Å². The quantitative estimate of drug-likeness (QED) is 0.625. The number of methoxy groups -OCH3 is 1. The number of ether oxygens (including phenoxy) is 1. The van der Waals surface area contributed by atoms with E-state index in [1.807, 2.05) is 49.4 Å². The molecule has 2 aromatic carbocycles. The van der Waals surface area contributed by atoms with Crippen LogP contribution in [0.25, 0.3) is 10.9 Å². The van der Waals surface area contributed by atoms with Gasteiger partial charge in [-0.3, -0.25) is 4.79 Å². The van der Waals surface area contributed by atoms with Gasteiger partial charge in [0.2, 0.25) is 5.91 Å². The molecule has 0 saturated heterocycles. The third-order valence-electron chi connectivity index (χ3n) is 4.20. The average molecular weight is 366 g/mol. The molecule has 134 valence electrons. The van der Waals surface area contributed by atoms with Gasteiger partial charge in [0.25, 0.3) is 0 Å². The molecule has 3 rings (SSSR count). The smallest absolute Gasteiger partial charge is 0.225 e. The number of hydrogen-bond acceptors (Lipinski definition) is 4. The van der Waals surface area contributed by atoms with Crippen LogP contribution in [-0.2, 0) is 4.79 Å². The lowest BCUT2D eigenvalue weighted by molar-refractivity contribution is -0.115. The van der Waals surface area contributed by atoms with Crippen molar-refractivity contribution >= 4 is 34.3 Å². The second-order valence-electron chi connectivity index (χ2n) is 6.10. The summed E-state index contributed by atoms with van der Waals surface area (Å²) in [4.78, 5) is 16.9. The molecule has 0 aliphatic rings. The third-order valence-corrected chi connectivity index (χ3v) is 5.12. The number of benzene rings is 2. The molecule has 0 unspecified atom stereocenters. The highest BCUT2D eigenvalue weighted by Gasteiger charge is 2.09. The monoisotopic (exact) mass is 366 g/mol. The summed E-state index contributed by atoms with van der Waals surface area (Å²) in [5, 5.41) is 4.96. The molecule has 0 spiro atoms. The van der Waals surface area contributed by atoms with Crippen LogP contribution in [0.5, 0.6) is 5.75 Å². The largest absolute Gasteiger partial charge is 0.494 e. The van der Waals surface area contributed by atoms with Gasteiger partial charge >= 0.3 is 0 Å². The molecule has 0 atom stereocenters. The van der Waals surface area contributed by atoms with Gasteiger partial charge in [-0.1, -0.05) is 30.3 Å². The molecule has 0 saturated carbocycles. The van der Waals surface area contributed by atoms with Crippen molar-refractivity contribution in [2.24, 2.45) is 0 Å². The van der Waals surface area contributed by atoms with Crippen molar-refractivity contribution in [1.29, 1.82) is 0 Å². The lowest BCUT2D eigenvalue weighted by atomic mass is 10.1. The number of anilines is 1. The van der Waals surface area contributed by atoms with Gasteiger partial charge in [-0.25, -0.2) is 4.98 Å². The Labute approximate surface area is 158 Å². The number of nitrogens with one attached hydrogen (secondary N) is 1. The maximum Gasteiger partial charge on any atom is 0.225 e. The second-order valence-corrected chi connectivity index (χ2v) is 7.21. The Bertz CT molecular complexity index is 940. The first kappa shape index (κ1) is 18.3. The van der Waals surface area contributed by atoms with E-state index in [2.05, 4.69) is 18.3 Å². The van der Waals surface area contributed by atoms with Crippen molar-refractivity contribution in [3.05, 3.63) is 59.7 Å². The fourth-order valence-electron chi connectivity index (χ4n) is 2.77. The van der Waals surface area contributed by atoms with Crippen molar-refractivity contribution in [1.82, 2.24) is 4.98 Å². The maximum atomic E-state index is 12.2. The minimum atomic E-state index is 0.0156. The molecule has 3 aromatic rings. The molecule has 0 aliphatic carbocycles. The fraction of sp³-hybridized carbons (Fsp3) is 0.238. The number of pyridine rings is 1. The van der Waals surface area contributed by atoms with Crippen LogP contribution >= 0.6 is 11.8 Å². The van der Waals surface area contributed by atoms with Gasteiger partial charge in [0.05, 0.1) is 12.1 Å². The summed E-state index contributed by atoms with van der Waals surface area (Å²) in [5.41, 5.74) is 3.95. The molecule has 5 heteroatoms. The normalized spacial score (nSPS) is 10.7. The van der Waals surface area contributed by atoms with Crippen LogP contribution in [0.15, 0.2) is 53.6 Å². The number of amides is 1. The van der Waals surface area contributed by atoms with Gasteiger partial charge < -0.3 is 10.1 Å². The van der Waals surface area contributed by atoms with E-state index in [0.29, 0.717) is 12.2 Å². The van der Waals surface area contributed by atoms with Crippen LogP contribution in [0.4, 0.5) is 5.69 Å². The molecule has 4 nitrogen and oxygen atoms in total. The van der Waals surface area contributed by atoms with E-state index in [4.69, 9.17) is 9.72 Å². The SMILES string of the molecule is COc1cccc2c(C)cc(SCCC(=O)Nc3ccccc3C)nc12.